The second kappa shape index (κ2) is 4.44. The van der Waals surface area contributed by atoms with Crippen LogP contribution in [0.3, 0.4) is 0 Å². The molecule has 0 spiro atoms. The minimum atomic E-state index is -0.443. The second-order valence-corrected chi connectivity index (χ2v) is 3.11. The summed E-state index contributed by atoms with van der Waals surface area (Å²) in [5.41, 5.74) is 10.1. The monoisotopic (exact) mass is 189 g/mol. The molecule has 0 saturated heterocycles. The lowest BCUT2D eigenvalue weighted by Gasteiger charge is -2.09. The van der Waals surface area contributed by atoms with Crippen LogP contribution in [0, 0.1) is 6.92 Å². The summed E-state index contributed by atoms with van der Waals surface area (Å²) in [5, 5.41) is 3.08. The van der Waals surface area contributed by atoms with Crippen LogP contribution in [0.5, 0.6) is 0 Å². The molecule has 1 aromatic carbocycles. The van der Waals surface area contributed by atoms with Crippen LogP contribution in [0.4, 0.5) is 0 Å². The Balaban J connectivity index is 3.00. The van der Waals surface area contributed by atoms with Gasteiger partial charge in [-0.05, 0) is 28.7 Å². The van der Waals surface area contributed by atoms with E-state index in [9.17, 15) is 4.79 Å². The van der Waals surface area contributed by atoms with Crippen LogP contribution in [-0.4, -0.2) is 5.91 Å². The third-order valence-electron chi connectivity index (χ3n) is 2.17. The normalized spacial score (nSPS) is 11.6. The molecule has 14 heavy (non-hydrogen) atoms. The van der Waals surface area contributed by atoms with Gasteiger partial charge in [0.25, 0.3) is 0 Å². The highest BCUT2D eigenvalue weighted by molar-refractivity contribution is 5.84. The molecule has 1 atom stereocenters. The van der Waals surface area contributed by atoms with E-state index in [2.05, 4.69) is 10.0 Å². The Hall–Kier alpha value is -1.80. The number of aryl methyl sites for hydroxylation is 1. The maximum absolute atomic E-state index is 11.3. The summed E-state index contributed by atoms with van der Waals surface area (Å²) in [6, 6.07) is 7.56. The van der Waals surface area contributed by atoms with E-state index in [1.807, 2.05) is 31.2 Å². The van der Waals surface area contributed by atoms with Gasteiger partial charge in [0.2, 0.25) is 5.91 Å². The molecule has 1 aromatic rings. The van der Waals surface area contributed by atoms with Gasteiger partial charge in [0.05, 0.1) is 0 Å². The first-order valence-electron chi connectivity index (χ1n) is 4.31. The Morgan fingerprint density at radius 2 is 2.14 bits per heavy atom. The molecule has 0 aliphatic carbocycles. The molecule has 0 aromatic heterocycles. The first kappa shape index (κ1) is 10.3. The lowest BCUT2D eigenvalue weighted by Crippen LogP contribution is -2.06. The van der Waals surface area contributed by atoms with Gasteiger partial charge >= 0.3 is 0 Å². The van der Waals surface area contributed by atoms with Crippen LogP contribution in [-0.2, 0) is 4.79 Å². The van der Waals surface area contributed by atoms with Gasteiger partial charge in [-0.1, -0.05) is 31.2 Å². The van der Waals surface area contributed by atoms with Gasteiger partial charge in [0, 0.05) is 10.8 Å². The largest absolute Gasteiger partial charge is 0.292 e. The maximum Gasteiger partial charge on any atom is 0.226 e. The average molecular weight is 189 g/mol. The van der Waals surface area contributed by atoms with E-state index < -0.39 is 5.91 Å². The average Bonchev–Trinajstić information content (AvgIpc) is 2.18. The molecular formula is C10H11N3O. The third kappa shape index (κ3) is 2.12. The lowest BCUT2D eigenvalue weighted by molar-refractivity contribution is -0.119. The highest BCUT2D eigenvalue weighted by Crippen LogP contribution is 2.20. The Bertz CT molecular complexity index is 394. The number of carbonyl (C=O) groups is 1. The van der Waals surface area contributed by atoms with Gasteiger partial charge in [0.1, 0.15) is 0 Å². The molecule has 72 valence electrons. The van der Waals surface area contributed by atoms with Crippen molar-refractivity contribution < 1.29 is 4.79 Å². The molecule has 0 fully saturated rings. The smallest absolute Gasteiger partial charge is 0.226 e. The number of hydrogen-bond donors (Lipinski definition) is 0. The molecule has 0 heterocycles. The van der Waals surface area contributed by atoms with E-state index in [1.165, 1.54) is 0 Å². The van der Waals surface area contributed by atoms with Gasteiger partial charge in [-0.15, -0.1) is 0 Å². The SMILES string of the molecule is Cc1ccccc1[C@@H](C)C(=O)N=[N+]=[N-]. The fourth-order valence-corrected chi connectivity index (χ4v) is 1.34. The summed E-state index contributed by atoms with van der Waals surface area (Å²) in [4.78, 5) is 13.8. The van der Waals surface area contributed by atoms with Crippen molar-refractivity contribution in [3.05, 3.63) is 45.8 Å². The molecule has 0 unspecified atom stereocenters. The highest BCUT2D eigenvalue weighted by Gasteiger charge is 2.14. The summed E-state index contributed by atoms with van der Waals surface area (Å²) in [6.45, 7) is 3.66. The number of hydrogen-bond acceptors (Lipinski definition) is 1. The van der Waals surface area contributed by atoms with E-state index in [1.54, 1.807) is 6.92 Å². The number of amides is 1. The molecule has 4 heteroatoms. The van der Waals surface area contributed by atoms with Crippen LogP contribution < -0.4 is 0 Å². The molecule has 0 radical (unpaired) electrons. The van der Waals surface area contributed by atoms with Gasteiger partial charge in [-0.2, -0.15) is 0 Å². The van der Waals surface area contributed by atoms with Crippen LogP contribution in [0.1, 0.15) is 24.0 Å². The Morgan fingerprint density at radius 1 is 1.50 bits per heavy atom. The van der Waals surface area contributed by atoms with E-state index in [-0.39, 0.29) is 5.92 Å². The van der Waals surface area contributed by atoms with Crippen molar-refractivity contribution in [3.63, 3.8) is 0 Å². The van der Waals surface area contributed by atoms with Crippen molar-refractivity contribution in [3.8, 4) is 0 Å². The van der Waals surface area contributed by atoms with Crippen molar-refractivity contribution >= 4 is 5.91 Å². The molecular weight excluding hydrogens is 178 g/mol. The van der Waals surface area contributed by atoms with E-state index in [0.717, 1.165) is 11.1 Å². The van der Waals surface area contributed by atoms with Crippen molar-refractivity contribution in [2.24, 2.45) is 5.11 Å². The zero-order chi connectivity index (χ0) is 10.6. The van der Waals surface area contributed by atoms with E-state index in [0.29, 0.717) is 0 Å². The molecule has 4 nitrogen and oxygen atoms in total. The fourth-order valence-electron chi connectivity index (χ4n) is 1.34. The molecule has 0 aliphatic heterocycles. The lowest BCUT2D eigenvalue weighted by atomic mass is 9.96. The standard InChI is InChI=1S/C10H11N3O/c1-7-5-3-4-6-9(7)8(2)10(14)12-13-11/h3-6,8H,1-2H3/t8-/m1/s1. The number of benzene rings is 1. The summed E-state index contributed by atoms with van der Waals surface area (Å²) < 4.78 is 0. The predicted octanol–water partition coefficient (Wildman–Crippen LogP) is 2.94. The predicted molar refractivity (Wildman–Crippen MR) is 53.7 cm³/mol. The number of rotatable bonds is 2. The summed E-state index contributed by atoms with van der Waals surface area (Å²) in [5.74, 6) is -0.811. The topological polar surface area (TPSA) is 65.8 Å². The quantitative estimate of drug-likeness (QED) is 0.400. The molecule has 0 aliphatic rings. The minimum Gasteiger partial charge on any atom is -0.292 e. The molecule has 1 rings (SSSR count). The first-order chi connectivity index (χ1) is 6.66. The van der Waals surface area contributed by atoms with Crippen LogP contribution >= 0.6 is 0 Å². The molecule has 1 amide bonds. The summed E-state index contributed by atoms with van der Waals surface area (Å²) in [6.07, 6.45) is 0. The number of azide groups is 1. The maximum atomic E-state index is 11.3. The van der Waals surface area contributed by atoms with Gasteiger partial charge < -0.3 is 0 Å². The van der Waals surface area contributed by atoms with Crippen LogP contribution in [0.25, 0.3) is 10.4 Å². The number of carbonyl (C=O) groups excluding carboxylic acids is 1. The molecule has 0 bridgehead atoms. The van der Waals surface area contributed by atoms with Crippen molar-refractivity contribution in [1.29, 1.82) is 0 Å². The highest BCUT2D eigenvalue weighted by atomic mass is 16.1. The second-order valence-electron chi connectivity index (χ2n) is 3.11. The van der Waals surface area contributed by atoms with E-state index >= 15 is 0 Å². The van der Waals surface area contributed by atoms with Crippen LogP contribution in [0.15, 0.2) is 29.4 Å². The number of nitrogens with zero attached hydrogens (tertiary/aromatic N) is 3. The Labute approximate surface area is 82.2 Å². The molecule has 0 saturated carbocycles. The first-order valence-corrected chi connectivity index (χ1v) is 4.31. The summed E-state index contributed by atoms with van der Waals surface area (Å²) in [7, 11) is 0. The minimum absolute atomic E-state index is 0.368. The van der Waals surface area contributed by atoms with Gasteiger partial charge in [-0.3, -0.25) is 4.79 Å². The fraction of sp³-hybridized carbons (Fsp3) is 0.300. The third-order valence-corrected chi connectivity index (χ3v) is 2.17. The Morgan fingerprint density at radius 3 is 2.71 bits per heavy atom. The van der Waals surface area contributed by atoms with Gasteiger partial charge in [-0.25, -0.2) is 0 Å². The summed E-state index contributed by atoms with van der Waals surface area (Å²) >= 11 is 0. The zero-order valence-electron chi connectivity index (χ0n) is 8.14. The van der Waals surface area contributed by atoms with E-state index in [4.69, 9.17) is 5.53 Å². The molecule has 0 N–H and O–H groups in total. The van der Waals surface area contributed by atoms with Crippen molar-refractivity contribution in [1.82, 2.24) is 0 Å². The Kier molecular flexibility index (Phi) is 3.26. The zero-order valence-corrected chi connectivity index (χ0v) is 8.14. The van der Waals surface area contributed by atoms with Crippen molar-refractivity contribution in [2.75, 3.05) is 0 Å². The van der Waals surface area contributed by atoms with Crippen molar-refractivity contribution in [2.45, 2.75) is 19.8 Å². The van der Waals surface area contributed by atoms with Gasteiger partial charge in [0.15, 0.2) is 0 Å². The van der Waals surface area contributed by atoms with Crippen LogP contribution in [0.2, 0.25) is 0 Å².